The summed E-state index contributed by atoms with van der Waals surface area (Å²) in [5, 5.41) is 9.49. The van der Waals surface area contributed by atoms with E-state index in [0.29, 0.717) is 13.2 Å². The second-order valence-corrected chi connectivity index (χ2v) is 6.44. The average molecular weight is 300 g/mol. The van der Waals surface area contributed by atoms with Crippen LogP contribution in [0.4, 0.5) is 0 Å². The lowest BCUT2D eigenvalue weighted by Gasteiger charge is -2.40. The van der Waals surface area contributed by atoms with Crippen molar-refractivity contribution in [2.45, 2.75) is 84.5 Å². The predicted octanol–water partition coefficient (Wildman–Crippen LogP) is 4.34. The van der Waals surface area contributed by atoms with Crippen LogP contribution in [0.2, 0.25) is 0 Å². The highest BCUT2D eigenvalue weighted by atomic mass is 16.5. The summed E-state index contributed by atoms with van der Waals surface area (Å²) in [6.07, 6.45) is 5.15. The van der Waals surface area contributed by atoms with E-state index in [-0.39, 0.29) is 17.1 Å². The van der Waals surface area contributed by atoms with Crippen molar-refractivity contribution in [1.82, 2.24) is 0 Å². The van der Waals surface area contributed by atoms with Crippen molar-refractivity contribution in [3.8, 4) is 0 Å². The standard InChI is InChI=1S/C18H36O3/c1-8-12-17(7,9-2)20-13-15(5)18(10-3,11-4)21-14-16(6)19/h8,15-16,19H,1,9-14H2,2-7H3. The highest BCUT2D eigenvalue weighted by Gasteiger charge is 2.35. The normalized spacial score (nSPS) is 18.0. The van der Waals surface area contributed by atoms with Gasteiger partial charge in [0.15, 0.2) is 0 Å². The fourth-order valence-electron chi connectivity index (χ4n) is 2.67. The predicted molar refractivity (Wildman–Crippen MR) is 89.6 cm³/mol. The maximum absolute atomic E-state index is 9.49. The zero-order valence-electron chi connectivity index (χ0n) is 14.9. The summed E-state index contributed by atoms with van der Waals surface area (Å²) in [6, 6.07) is 0. The van der Waals surface area contributed by atoms with Gasteiger partial charge in [-0.3, -0.25) is 0 Å². The summed E-state index contributed by atoms with van der Waals surface area (Å²) in [4.78, 5) is 0. The lowest BCUT2D eigenvalue weighted by molar-refractivity contribution is -0.143. The SMILES string of the molecule is C=CCC(C)(CC)OCC(C)C(CC)(CC)OCC(C)O. The largest absolute Gasteiger partial charge is 0.391 e. The van der Waals surface area contributed by atoms with Gasteiger partial charge >= 0.3 is 0 Å². The minimum atomic E-state index is -0.433. The summed E-state index contributed by atoms with van der Waals surface area (Å²) in [7, 11) is 0. The van der Waals surface area contributed by atoms with Gasteiger partial charge in [0.2, 0.25) is 0 Å². The van der Waals surface area contributed by atoms with Crippen molar-refractivity contribution in [3.05, 3.63) is 12.7 Å². The molecule has 3 heteroatoms. The molecule has 0 aliphatic carbocycles. The van der Waals surface area contributed by atoms with Gasteiger partial charge in [0, 0.05) is 5.92 Å². The van der Waals surface area contributed by atoms with Crippen LogP contribution in [0.3, 0.4) is 0 Å². The summed E-state index contributed by atoms with van der Waals surface area (Å²) < 4.78 is 12.2. The summed E-state index contributed by atoms with van der Waals surface area (Å²) in [6.45, 7) is 17.4. The van der Waals surface area contributed by atoms with Gasteiger partial charge in [0.25, 0.3) is 0 Å². The molecule has 0 aromatic heterocycles. The topological polar surface area (TPSA) is 38.7 Å². The molecule has 0 fully saturated rings. The first-order valence-corrected chi connectivity index (χ1v) is 8.36. The number of ether oxygens (including phenoxy) is 2. The van der Waals surface area contributed by atoms with E-state index in [1.165, 1.54) is 0 Å². The highest BCUT2D eigenvalue weighted by molar-refractivity contribution is 4.87. The third kappa shape index (κ3) is 6.50. The molecule has 3 nitrogen and oxygen atoms in total. The molecular weight excluding hydrogens is 264 g/mol. The van der Waals surface area contributed by atoms with Crippen LogP contribution >= 0.6 is 0 Å². The van der Waals surface area contributed by atoms with Crippen molar-refractivity contribution < 1.29 is 14.6 Å². The number of hydrogen-bond donors (Lipinski definition) is 1. The zero-order chi connectivity index (χ0) is 16.5. The Bertz CT molecular complexity index is 284. The van der Waals surface area contributed by atoms with E-state index < -0.39 is 6.10 Å². The highest BCUT2D eigenvalue weighted by Crippen LogP contribution is 2.32. The molecule has 3 unspecified atom stereocenters. The van der Waals surface area contributed by atoms with Crippen LogP contribution in [0.25, 0.3) is 0 Å². The molecule has 0 aliphatic heterocycles. The van der Waals surface area contributed by atoms with Crippen LogP contribution in [0, 0.1) is 5.92 Å². The van der Waals surface area contributed by atoms with Crippen molar-refractivity contribution >= 4 is 0 Å². The van der Waals surface area contributed by atoms with Gasteiger partial charge in [-0.15, -0.1) is 6.58 Å². The summed E-state index contributed by atoms with van der Waals surface area (Å²) >= 11 is 0. The maximum atomic E-state index is 9.49. The van der Waals surface area contributed by atoms with Crippen LogP contribution in [0.5, 0.6) is 0 Å². The first-order valence-electron chi connectivity index (χ1n) is 8.36. The summed E-state index contributed by atoms with van der Waals surface area (Å²) in [5.74, 6) is 0.280. The Hall–Kier alpha value is -0.380. The molecular formula is C18H36O3. The lowest BCUT2D eigenvalue weighted by Crippen LogP contribution is -2.44. The molecule has 1 N–H and O–H groups in total. The molecule has 21 heavy (non-hydrogen) atoms. The quantitative estimate of drug-likeness (QED) is 0.545. The zero-order valence-corrected chi connectivity index (χ0v) is 14.9. The van der Waals surface area contributed by atoms with E-state index in [2.05, 4.69) is 41.2 Å². The number of hydrogen-bond acceptors (Lipinski definition) is 3. The molecule has 0 bridgehead atoms. The average Bonchev–Trinajstić information content (AvgIpc) is 2.46. The van der Waals surface area contributed by atoms with Gasteiger partial charge in [-0.1, -0.05) is 33.8 Å². The fraction of sp³-hybridized carbons (Fsp3) is 0.889. The second kappa shape index (κ2) is 9.60. The molecule has 0 rings (SSSR count). The lowest BCUT2D eigenvalue weighted by atomic mass is 9.84. The van der Waals surface area contributed by atoms with E-state index in [1.54, 1.807) is 6.92 Å². The van der Waals surface area contributed by atoms with Crippen molar-refractivity contribution in [3.63, 3.8) is 0 Å². The monoisotopic (exact) mass is 300 g/mol. The number of aliphatic hydroxyl groups is 1. The molecule has 0 saturated heterocycles. The smallest absolute Gasteiger partial charge is 0.0745 e. The van der Waals surface area contributed by atoms with Gasteiger partial charge in [-0.2, -0.15) is 0 Å². The fourth-order valence-corrected chi connectivity index (χ4v) is 2.67. The Balaban J connectivity index is 4.74. The Morgan fingerprint density at radius 1 is 1.05 bits per heavy atom. The van der Waals surface area contributed by atoms with Crippen LogP contribution in [0.1, 0.15) is 67.2 Å². The van der Waals surface area contributed by atoms with Crippen LogP contribution in [-0.2, 0) is 9.47 Å². The molecule has 0 aliphatic rings. The third-order valence-corrected chi connectivity index (χ3v) is 4.71. The molecule has 0 spiro atoms. The van der Waals surface area contributed by atoms with Crippen molar-refractivity contribution in [2.75, 3.05) is 13.2 Å². The Morgan fingerprint density at radius 2 is 1.62 bits per heavy atom. The molecule has 0 amide bonds. The molecule has 3 atom stereocenters. The molecule has 0 heterocycles. The Labute approximate surface area is 131 Å². The van der Waals surface area contributed by atoms with Gasteiger partial charge < -0.3 is 14.6 Å². The second-order valence-electron chi connectivity index (χ2n) is 6.44. The number of rotatable bonds is 12. The van der Waals surface area contributed by atoms with E-state index in [0.717, 1.165) is 25.7 Å². The Morgan fingerprint density at radius 3 is 2.00 bits per heavy atom. The minimum Gasteiger partial charge on any atom is -0.391 e. The first kappa shape index (κ1) is 20.6. The molecule has 0 saturated carbocycles. The van der Waals surface area contributed by atoms with Gasteiger partial charge in [0.1, 0.15) is 0 Å². The van der Waals surface area contributed by atoms with Crippen LogP contribution < -0.4 is 0 Å². The molecule has 126 valence electrons. The molecule has 0 aromatic rings. The van der Waals surface area contributed by atoms with E-state index in [1.807, 2.05) is 6.08 Å². The van der Waals surface area contributed by atoms with E-state index in [9.17, 15) is 5.11 Å². The third-order valence-electron chi connectivity index (χ3n) is 4.71. The van der Waals surface area contributed by atoms with Crippen molar-refractivity contribution in [1.29, 1.82) is 0 Å². The first-order chi connectivity index (χ1) is 9.79. The van der Waals surface area contributed by atoms with Crippen LogP contribution in [-0.4, -0.2) is 35.6 Å². The Kier molecular flexibility index (Phi) is 9.43. The minimum absolute atomic E-state index is 0.145. The van der Waals surface area contributed by atoms with Crippen LogP contribution in [0.15, 0.2) is 12.7 Å². The van der Waals surface area contributed by atoms with E-state index >= 15 is 0 Å². The van der Waals surface area contributed by atoms with Gasteiger partial charge in [-0.05, 0) is 39.5 Å². The van der Waals surface area contributed by atoms with E-state index in [4.69, 9.17) is 9.47 Å². The maximum Gasteiger partial charge on any atom is 0.0745 e. The molecule has 0 radical (unpaired) electrons. The van der Waals surface area contributed by atoms with Gasteiger partial charge in [0.05, 0.1) is 30.5 Å². The summed E-state index contributed by atoms with van der Waals surface area (Å²) in [5.41, 5.74) is -0.368. The number of aliphatic hydroxyl groups excluding tert-OH is 1. The molecule has 0 aromatic carbocycles. The van der Waals surface area contributed by atoms with Crippen molar-refractivity contribution in [2.24, 2.45) is 5.92 Å². The van der Waals surface area contributed by atoms with Gasteiger partial charge in [-0.25, -0.2) is 0 Å².